The van der Waals surface area contributed by atoms with E-state index in [4.69, 9.17) is 0 Å². The molecule has 0 saturated heterocycles. The first kappa shape index (κ1) is 7.94. The summed E-state index contributed by atoms with van der Waals surface area (Å²) in [4.78, 5) is 22.1. The largest absolute Gasteiger partial charge is 0.367 e. The number of hydrogen-bond donors (Lipinski definition) is 1. The second-order valence-electron chi connectivity index (χ2n) is 2.70. The van der Waals surface area contributed by atoms with Gasteiger partial charge >= 0.3 is 0 Å². The highest BCUT2D eigenvalue weighted by Crippen LogP contribution is 2.23. The Morgan fingerprint density at radius 3 is 2.45 bits per heavy atom. The number of aliphatic hydroxyl groups is 1. The van der Waals surface area contributed by atoms with Gasteiger partial charge in [-0.15, -0.1) is 0 Å². The Balaban J connectivity index is 3.03. The van der Waals surface area contributed by atoms with Gasteiger partial charge < -0.3 is 5.11 Å². The van der Waals surface area contributed by atoms with Crippen LogP contribution in [0.5, 0.6) is 0 Å². The summed E-state index contributed by atoms with van der Waals surface area (Å²) in [5, 5.41) is 9.39. The zero-order chi connectivity index (χ0) is 8.65. The van der Waals surface area contributed by atoms with Crippen LogP contribution in [0.2, 0.25) is 0 Å². The summed E-state index contributed by atoms with van der Waals surface area (Å²) in [6, 6.07) is 0. The van der Waals surface area contributed by atoms with Crippen molar-refractivity contribution in [2.45, 2.75) is 19.6 Å². The zero-order valence-electron chi connectivity index (χ0n) is 6.37. The van der Waals surface area contributed by atoms with Crippen molar-refractivity contribution in [2.24, 2.45) is 0 Å². The Labute approximate surface area is 64.1 Å². The highest BCUT2D eigenvalue weighted by Gasteiger charge is 2.38. The molecule has 1 aliphatic rings. The Kier molecular flexibility index (Phi) is 1.56. The zero-order valence-corrected chi connectivity index (χ0v) is 6.37. The van der Waals surface area contributed by atoms with Gasteiger partial charge in [0.15, 0.2) is 5.72 Å². The molecule has 0 aliphatic carbocycles. The van der Waals surface area contributed by atoms with E-state index in [9.17, 15) is 14.7 Å². The van der Waals surface area contributed by atoms with E-state index >= 15 is 0 Å². The Morgan fingerprint density at radius 1 is 1.73 bits per heavy atom. The van der Waals surface area contributed by atoms with Crippen molar-refractivity contribution in [2.75, 3.05) is 0 Å². The molecule has 0 saturated carbocycles. The second-order valence-corrected chi connectivity index (χ2v) is 2.70. The summed E-state index contributed by atoms with van der Waals surface area (Å²) in [5.41, 5.74) is -1.05. The average Bonchev–Trinajstić information content (AvgIpc) is 2.03. The van der Waals surface area contributed by atoms with Crippen molar-refractivity contribution < 1.29 is 14.7 Å². The van der Waals surface area contributed by atoms with Crippen molar-refractivity contribution in [1.82, 2.24) is 4.90 Å². The molecule has 0 aromatic carbocycles. The third-order valence-electron chi connectivity index (χ3n) is 1.64. The Hall–Kier alpha value is -1.16. The van der Waals surface area contributed by atoms with Crippen LogP contribution in [0.3, 0.4) is 0 Å². The van der Waals surface area contributed by atoms with Gasteiger partial charge in [0.1, 0.15) is 0 Å². The van der Waals surface area contributed by atoms with Crippen LogP contribution in [0.1, 0.15) is 13.8 Å². The van der Waals surface area contributed by atoms with Crippen molar-refractivity contribution in [3.05, 3.63) is 11.6 Å². The molecule has 1 N–H and O–H groups in total. The molecule has 0 spiro atoms. The fraction of sp³-hybridized carbons (Fsp3) is 0.429. The molecule has 1 atom stereocenters. The van der Waals surface area contributed by atoms with E-state index in [0.29, 0.717) is 12.0 Å². The predicted octanol–water partition coefficient (Wildman–Crippen LogP) is -0.360. The van der Waals surface area contributed by atoms with Crippen LogP contribution in [0, 0.1) is 0 Å². The standard InChI is InChI=1S/C7H9NO3/c1-5-3-7(2,11)8(4-9)6(5)10/h3-4,11H,1-2H3. The molecule has 11 heavy (non-hydrogen) atoms. The third-order valence-corrected chi connectivity index (χ3v) is 1.64. The number of amides is 2. The van der Waals surface area contributed by atoms with Gasteiger partial charge in [0.05, 0.1) is 0 Å². The predicted molar refractivity (Wildman–Crippen MR) is 37.3 cm³/mol. The fourth-order valence-corrected chi connectivity index (χ4v) is 1.09. The van der Waals surface area contributed by atoms with E-state index in [-0.39, 0.29) is 0 Å². The molecular formula is C7H9NO3. The molecule has 0 radical (unpaired) electrons. The molecule has 4 nitrogen and oxygen atoms in total. The minimum atomic E-state index is -1.44. The third kappa shape index (κ3) is 1.05. The van der Waals surface area contributed by atoms with E-state index in [1.807, 2.05) is 0 Å². The van der Waals surface area contributed by atoms with Crippen LogP contribution >= 0.6 is 0 Å². The van der Waals surface area contributed by atoms with Gasteiger partial charge in [0, 0.05) is 5.57 Å². The molecule has 0 fully saturated rings. The molecule has 60 valence electrons. The molecule has 2 amide bonds. The van der Waals surface area contributed by atoms with Crippen molar-refractivity contribution in [3.8, 4) is 0 Å². The van der Waals surface area contributed by atoms with Crippen LogP contribution in [0.4, 0.5) is 0 Å². The van der Waals surface area contributed by atoms with Gasteiger partial charge in [-0.05, 0) is 19.9 Å². The molecule has 0 aromatic heterocycles. The SMILES string of the molecule is CC1=CC(C)(O)N(C=O)C1=O. The van der Waals surface area contributed by atoms with Crippen molar-refractivity contribution in [3.63, 3.8) is 0 Å². The van der Waals surface area contributed by atoms with E-state index in [1.54, 1.807) is 6.92 Å². The average molecular weight is 155 g/mol. The Morgan fingerprint density at radius 2 is 2.27 bits per heavy atom. The second kappa shape index (κ2) is 2.17. The fourth-order valence-electron chi connectivity index (χ4n) is 1.09. The summed E-state index contributed by atoms with van der Waals surface area (Å²) in [7, 11) is 0. The van der Waals surface area contributed by atoms with E-state index in [1.165, 1.54) is 13.0 Å². The van der Waals surface area contributed by atoms with Gasteiger partial charge in [0.2, 0.25) is 6.41 Å². The lowest BCUT2D eigenvalue weighted by molar-refractivity contribution is -0.148. The van der Waals surface area contributed by atoms with Gasteiger partial charge in [-0.25, -0.2) is 4.90 Å². The van der Waals surface area contributed by atoms with Gasteiger partial charge in [-0.1, -0.05) is 0 Å². The van der Waals surface area contributed by atoms with Gasteiger partial charge in [-0.2, -0.15) is 0 Å². The normalized spacial score (nSPS) is 30.6. The van der Waals surface area contributed by atoms with E-state index < -0.39 is 11.6 Å². The maximum absolute atomic E-state index is 11.0. The highest BCUT2D eigenvalue weighted by atomic mass is 16.3. The number of imide groups is 1. The molecule has 0 aromatic rings. The summed E-state index contributed by atoms with van der Waals surface area (Å²) in [6.45, 7) is 2.94. The molecule has 4 heteroatoms. The van der Waals surface area contributed by atoms with Crippen molar-refractivity contribution in [1.29, 1.82) is 0 Å². The first-order valence-electron chi connectivity index (χ1n) is 3.20. The number of carbonyl (C=O) groups is 2. The van der Waals surface area contributed by atoms with Crippen molar-refractivity contribution >= 4 is 12.3 Å². The summed E-state index contributed by atoms with van der Waals surface area (Å²) in [6.07, 6.45) is 1.68. The van der Waals surface area contributed by atoms with Crippen LogP contribution in [-0.4, -0.2) is 28.0 Å². The minimum absolute atomic E-state index is 0.329. The Bertz CT molecular complexity index is 242. The molecular weight excluding hydrogens is 146 g/mol. The number of hydrogen-bond acceptors (Lipinski definition) is 3. The highest BCUT2D eigenvalue weighted by molar-refractivity contribution is 6.02. The molecule has 1 heterocycles. The molecule has 0 bridgehead atoms. The maximum Gasteiger partial charge on any atom is 0.258 e. The molecule has 1 aliphatic heterocycles. The minimum Gasteiger partial charge on any atom is -0.367 e. The smallest absolute Gasteiger partial charge is 0.258 e. The summed E-state index contributed by atoms with van der Waals surface area (Å²) >= 11 is 0. The first-order valence-corrected chi connectivity index (χ1v) is 3.20. The van der Waals surface area contributed by atoms with Crippen LogP contribution in [-0.2, 0) is 9.59 Å². The maximum atomic E-state index is 11.0. The van der Waals surface area contributed by atoms with Gasteiger partial charge in [-0.3, -0.25) is 9.59 Å². The van der Waals surface area contributed by atoms with E-state index in [2.05, 4.69) is 0 Å². The number of rotatable bonds is 1. The number of carbonyl (C=O) groups excluding carboxylic acids is 2. The van der Waals surface area contributed by atoms with Crippen LogP contribution < -0.4 is 0 Å². The van der Waals surface area contributed by atoms with Gasteiger partial charge in [0.25, 0.3) is 5.91 Å². The quantitative estimate of drug-likeness (QED) is 0.526. The summed E-state index contributed by atoms with van der Waals surface area (Å²) in [5.74, 6) is -0.440. The van der Waals surface area contributed by atoms with E-state index in [0.717, 1.165) is 4.90 Å². The molecule has 1 unspecified atom stereocenters. The lowest BCUT2D eigenvalue weighted by Crippen LogP contribution is -2.42. The first-order chi connectivity index (χ1) is 4.99. The topological polar surface area (TPSA) is 57.6 Å². The van der Waals surface area contributed by atoms with Crippen LogP contribution in [0.25, 0.3) is 0 Å². The monoisotopic (exact) mass is 155 g/mol. The lowest BCUT2D eigenvalue weighted by atomic mass is 10.2. The number of nitrogens with zero attached hydrogens (tertiary/aromatic N) is 1. The summed E-state index contributed by atoms with van der Waals surface area (Å²) < 4.78 is 0. The molecule has 1 rings (SSSR count). The lowest BCUT2D eigenvalue weighted by Gasteiger charge is -2.22. The van der Waals surface area contributed by atoms with Crippen LogP contribution in [0.15, 0.2) is 11.6 Å².